The zero-order chi connectivity index (χ0) is 34.1. The van der Waals surface area contributed by atoms with E-state index in [4.69, 9.17) is 15.0 Å². The molecule has 1 aromatic rings. The fourth-order valence-electron chi connectivity index (χ4n) is 8.84. The maximum atomic E-state index is 5.08. The van der Waals surface area contributed by atoms with E-state index in [9.17, 15) is 0 Å². The highest BCUT2D eigenvalue weighted by molar-refractivity contribution is 5.38. The predicted molar refractivity (Wildman–Crippen MR) is 192 cm³/mol. The van der Waals surface area contributed by atoms with Crippen LogP contribution in [0.25, 0.3) is 0 Å². The first kappa shape index (κ1) is 37.9. The lowest BCUT2D eigenvalue weighted by molar-refractivity contribution is -0.875. The number of aryl methyl sites for hydroxylation is 1. The molecule has 0 unspecified atom stereocenters. The minimum absolute atomic E-state index is 0.0434. The molecule has 0 bridgehead atoms. The van der Waals surface area contributed by atoms with Crippen LogP contribution in [0, 0.1) is 12.3 Å². The highest BCUT2D eigenvalue weighted by Crippen LogP contribution is 2.34. The van der Waals surface area contributed by atoms with Crippen molar-refractivity contribution in [3.05, 3.63) is 5.82 Å². The predicted octanol–water partition coefficient (Wildman–Crippen LogP) is 6.55. The molecule has 3 N–H and O–H groups in total. The molecule has 260 valence electrons. The minimum Gasteiger partial charge on any atom is -0.338 e. The number of nitrogens with zero attached hydrogens (tertiary/aromatic N) is 6. The molecule has 3 heterocycles. The quantitative estimate of drug-likeness (QED) is 0.129. The molecule has 3 rings (SSSR count). The van der Waals surface area contributed by atoms with Crippen molar-refractivity contribution < 1.29 is 4.59 Å². The summed E-state index contributed by atoms with van der Waals surface area (Å²) in [5.74, 6) is 2.25. The average Bonchev–Trinajstić information content (AvgIpc) is 2.76. The van der Waals surface area contributed by atoms with E-state index >= 15 is 0 Å². The number of hydrogen-bond donors (Lipinski definition) is 3. The monoisotopic (exact) mass is 631 g/mol. The average molecular weight is 631 g/mol. The van der Waals surface area contributed by atoms with Gasteiger partial charge in [0.15, 0.2) is 0 Å². The van der Waals surface area contributed by atoms with E-state index in [0.29, 0.717) is 22.6 Å². The van der Waals surface area contributed by atoms with E-state index in [2.05, 4.69) is 123 Å². The molecule has 1 aromatic heterocycles. The van der Waals surface area contributed by atoms with Crippen LogP contribution in [0.15, 0.2) is 0 Å². The highest BCUT2D eigenvalue weighted by Gasteiger charge is 2.41. The number of unbranched alkanes of at least 4 members (excludes halogenated alkanes) is 3. The van der Waals surface area contributed by atoms with E-state index < -0.39 is 0 Å². The van der Waals surface area contributed by atoms with E-state index in [1.807, 2.05) is 6.92 Å². The summed E-state index contributed by atoms with van der Waals surface area (Å²) >= 11 is 0. The summed E-state index contributed by atoms with van der Waals surface area (Å²) in [5, 5.41) is 7.71. The van der Waals surface area contributed by atoms with Gasteiger partial charge >= 0.3 is 0 Å². The molecule has 0 aromatic carbocycles. The number of quaternary nitrogens is 1. The Morgan fingerprint density at radius 1 is 0.733 bits per heavy atom. The fraction of sp³-hybridized carbons (Fsp3) is 0.917. The van der Waals surface area contributed by atoms with Crippen molar-refractivity contribution in [3.8, 4) is 0 Å². The molecule has 9 nitrogen and oxygen atoms in total. The van der Waals surface area contributed by atoms with Crippen molar-refractivity contribution in [1.82, 2.24) is 30.5 Å². The SMILES string of the molecule is Cc1nc(N[N+](C)(C)CC(C)(C)C)nc(N(CCCCCCN(C)C2CC(C)(C)NC(C)(C)C2)C2CC(C)(C)NC(C)(C)C2)n1. The van der Waals surface area contributed by atoms with Crippen molar-refractivity contribution in [2.75, 3.05) is 51.1 Å². The largest absolute Gasteiger partial charge is 0.338 e. The number of anilines is 2. The lowest BCUT2D eigenvalue weighted by atomic mass is 9.79. The van der Waals surface area contributed by atoms with Crippen LogP contribution in [0.2, 0.25) is 0 Å². The van der Waals surface area contributed by atoms with Gasteiger partial charge in [-0.05, 0) is 114 Å². The standard InChI is InChI=1S/C36H72N9/c1-27-37-30(40-45(14,15)26-32(2,3)4)39-31(38-27)44(29-24-35(9,10)42-36(11,12)25-29)21-19-17-16-18-20-43(13)28-22-33(5,6)41-34(7,8)23-28/h28-29,41-42H,16-26H2,1-15H3,(H,37,38,39,40)/q+1. The van der Waals surface area contributed by atoms with Crippen LogP contribution >= 0.6 is 0 Å². The van der Waals surface area contributed by atoms with Gasteiger partial charge in [-0.3, -0.25) is 0 Å². The Bertz CT molecular complexity index is 1070. The van der Waals surface area contributed by atoms with Gasteiger partial charge in [-0.15, -0.1) is 0 Å². The normalized spacial score (nSPS) is 22.0. The lowest BCUT2D eigenvalue weighted by Gasteiger charge is -2.49. The maximum Gasteiger partial charge on any atom is 0.274 e. The summed E-state index contributed by atoms with van der Waals surface area (Å²) in [7, 11) is 6.70. The molecule has 2 aliphatic rings. The third kappa shape index (κ3) is 12.5. The van der Waals surface area contributed by atoms with E-state index in [0.717, 1.165) is 44.1 Å². The van der Waals surface area contributed by atoms with Gasteiger partial charge in [-0.25, -0.2) is 4.59 Å². The van der Waals surface area contributed by atoms with Crippen molar-refractivity contribution in [2.24, 2.45) is 5.41 Å². The van der Waals surface area contributed by atoms with Crippen LogP contribution in [0.1, 0.15) is 133 Å². The molecule has 0 spiro atoms. The number of rotatable bonds is 13. The van der Waals surface area contributed by atoms with E-state index in [1.54, 1.807) is 0 Å². The summed E-state index contributed by atoms with van der Waals surface area (Å²) in [5.41, 5.74) is 4.24. The molecule has 2 fully saturated rings. The summed E-state index contributed by atoms with van der Waals surface area (Å²) in [6.07, 6.45) is 9.39. The maximum absolute atomic E-state index is 5.08. The Morgan fingerprint density at radius 2 is 1.20 bits per heavy atom. The van der Waals surface area contributed by atoms with Crippen molar-refractivity contribution in [2.45, 2.75) is 169 Å². The second-order valence-corrected chi connectivity index (χ2v) is 19.0. The number of nitrogens with one attached hydrogen (secondary N) is 3. The summed E-state index contributed by atoms with van der Waals surface area (Å²) in [6, 6.07) is 1.00. The van der Waals surface area contributed by atoms with Gasteiger partial charge in [-0.2, -0.15) is 20.4 Å². The zero-order valence-corrected chi connectivity index (χ0v) is 32.1. The van der Waals surface area contributed by atoms with Gasteiger partial charge in [0.2, 0.25) is 5.95 Å². The van der Waals surface area contributed by atoms with Crippen LogP contribution in [0.3, 0.4) is 0 Å². The zero-order valence-electron chi connectivity index (χ0n) is 32.1. The Balaban J connectivity index is 1.69. The van der Waals surface area contributed by atoms with Gasteiger partial charge in [0.05, 0.1) is 14.1 Å². The Labute approximate surface area is 277 Å². The molecule has 0 aliphatic carbocycles. The van der Waals surface area contributed by atoms with Crippen LogP contribution in [0.5, 0.6) is 0 Å². The van der Waals surface area contributed by atoms with Crippen LogP contribution < -0.4 is 21.0 Å². The smallest absolute Gasteiger partial charge is 0.274 e. The fourth-order valence-corrected chi connectivity index (χ4v) is 8.84. The first-order valence-corrected chi connectivity index (χ1v) is 17.7. The molecule has 2 saturated heterocycles. The topological polar surface area (TPSA) is 81.2 Å². The second-order valence-electron chi connectivity index (χ2n) is 19.0. The minimum atomic E-state index is 0.0434. The van der Waals surface area contributed by atoms with Crippen LogP contribution in [-0.4, -0.2) is 99.5 Å². The highest BCUT2D eigenvalue weighted by atomic mass is 15.7. The first-order valence-electron chi connectivity index (χ1n) is 17.7. The molecular formula is C36H72N9+. The third-order valence-electron chi connectivity index (χ3n) is 9.33. The molecule has 2 aliphatic heterocycles. The Morgan fingerprint density at radius 3 is 1.69 bits per heavy atom. The number of piperidine rings is 2. The summed E-state index contributed by atoms with van der Waals surface area (Å²) in [6.45, 7) is 30.6. The molecule has 0 amide bonds. The summed E-state index contributed by atoms with van der Waals surface area (Å²) in [4.78, 5) is 19.9. The molecule has 9 heteroatoms. The van der Waals surface area contributed by atoms with Crippen LogP contribution in [0.4, 0.5) is 11.9 Å². The van der Waals surface area contributed by atoms with Gasteiger partial charge in [-0.1, -0.05) is 33.6 Å². The molecular weight excluding hydrogens is 558 g/mol. The molecule has 0 saturated carbocycles. The summed E-state index contributed by atoms with van der Waals surface area (Å²) < 4.78 is 0.612. The second kappa shape index (κ2) is 13.9. The Kier molecular flexibility index (Phi) is 11.7. The van der Waals surface area contributed by atoms with Crippen molar-refractivity contribution >= 4 is 11.9 Å². The van der Waals surface area contributed by atoms with Crippen LogP contribution in [-0.2, 0) is 0 Å². The van der Waals surface area contributed by atoms with Gasteiger partial charge in [0, 0.05) is 46.2 Å². The van der Waals surface area contributed by atoms with Gasteiger partial charge in [0.1, 0.15) is 12.4 Å². The van der Waals surface area contributed by atoms with Crippen molar-refractivity contribution in [3.63, 3.8) is 0 Å². The van der Waals surface area contributed by atoms with Gasteiger partial charge < -0.3 is 20.4 Å². The number of aromatic nitrogens is 3. The van der Waals surface area contributed by atoms with Gasteiger partial charge in [0.25, 0.3) is 5.95 Å². The molecule has 45 heavy (non-hydrogen) atoms. The van der Waals surface area contributed by atoms with E-state index in [-0.39, 0.29) is 27.6 Å². The van der Waals surface area contributed by atoms with E-state index in [1.165, 1.54) is 38.6 Å². The van der Waals surface area contributed by atoms with Crippen molar-refractivity contribution in [1.29, 1.82) is 0 Å². The Hall–Kier alpha value is -1.55. The third-order valence-corrected chi connectivity index (χ3v) is 9.33. The first-order chi connectivity index (χ1) is 20.4. The lowest BCUT2D eigenvalue weighted by Crippen LogP contribution is -2.62. The number of hydrogen-bond acceptors (Lipinski definition) is 8. The molecule has 0 radical (unpaired) electrons. The molecule has 0 atom stereocenters.